The summed E-state index contributed by atoms with van der Waals surface area (Å²) < 4.78 is 17.6. The van der Waals surface area contributed by atoms with E-state index in [9.17, 15) is 9.18 Å². The lowest BCUT2D eigenvalue weighted by Gasteiger charge is -2.05. The van der Waals surface area contributed by atoms with Gasteiger partial charge in [0.1, 0.15) is 0 Å². The number of hydrogen-bond donors (Lipinski definition) is 1. The molecule has 0 fully saturated rings. The van der Waals surface area contributed by atoms with Crippen molar-refractivity contribution in [2.75, 3.05) is 12.4 Å². The number of nitrogens with one attached hydrogen (secondary N) is 1. The van der Waals surface area contributed by atoms with Crippen molar-refractivity contribution in [2.45, 2.75) is 6.92 Å². The van der Waals surface area contributed by atoms with Gasteiger partial charge in [-0.3, -0.25) is 4.79 Å². The Labute approximate surface area is 75.5 Å². The number of halogens is 1. The van der Waals surface area contributed by atoms with E-state index in [-0.39, 0.29) is 11.7 Å². The third-order valence-corrected chi connectivity index (χ3v) is 1.47. The Hall–Kier alpha value is -1.58. The predicted octanol–water partition coefficient (Wildman–Crippen LogP) is 1.79. The van der Waals surface area contributed by atoms with Crippen molar-refractivity contribution in [2.24, 2.45) is 0 Å². The van der Waals surface area contributed by atoms with Crippen LogP contribution in [-0.4, -0.2) is 13.0 Å². The summed E-state index contributed by atoms with van der Waals surface area (Å²) >= 11 is 0. The first-order valence-corrected chi connectivity index (χ1v) is 3.74. The molecule has 0 aromatic heterocycles. The van der Waals surface area contributed by atoms with Gasteiger partial charge in [0.2, 0.25) is 5.91 Å². The van der Waals surface area contributed by atoms with Gasteiger partial charge in [0.15, 0.2) is 11.6 Å². The van der Waals surface area contributed by atoms with Gasteiger partial charge < -0.3 is 10.1 Å². The van der Waals surface area contributed by atoms with Gasteiger partial charge in [-0.05, 0) is 12.1 Å². The standard InChI is InChI=1S/C9H10FNO2/c1-6(12)11-7-3-4-8(10)9(5-7)13-2/h3-5H,1-2H3,(H,11,12). The molecule has 1 aromatic rings. The van der Waals surface area contributed by atoms with Crippen molar-refractivity contribution < 1.29 is 13.9 Å². The fourth-order valence-electron chi connectivity index (χ4n) is 0.941. The highest BCUT2D eigenvalue weighted by molar-refractivity contribution is 5.88. The molecule has 70 valence electrons. The summed E-state index contributed by atoms with van der Waals surface area (Å²) in [5.74, 6) is -0.531. The quantitative estimate of drug-likeness (QED) is 0.759. The van der Waals surface area contributed by atoms with Crippen molar-refractivity contribution in [3.8, 4) is 5.75 Å². The minimum Gasteiger partial charge on any atom is -0.494 e. The van der Waals surface area contributed by atoms with E-state index in [1.807, 2.05) is 0 Å². The average molecular weight is 183 g/mol. The van der Waals surface area contributed by atoms with Crippen molar-refractivity contribution >= 4 is 11.6 Å². The Morgan fingerprint density at radius 3 is 2.77 bits per heavy atom. The van der Waals surface area contributed by atoms with Crippen molar-refractivity contribution in [3.63, 3.8) is 0 Å². The number of hydrogen-bond acceptors (Lipinski definition) is 2. The summed E-state index contributed by atoms with van der Waals surface area (Å²) in [6.07, 6.45) is 0. The van der Waals surface area contributed by atoms with Gasteiger partial charge in [-0.25, -0.2) is 4.39 Å². The molecule has 0 unspecified atom stereocenters. The molecule has 0 aliphatic carbocycles. The molecule has 4 heteroatoms. The van der Waals surface area contributed by atoms with Gasteiger partial charge in [0.05, 0.1) is 7.11 Å². The fourth-order valence-corrected chi connectivity index (χ4v) is 0.941. The molecule has 0 saturated carbocycles. The first kappa shape index (κ1) is 9.51. The summed E-state index contributed by atoms with van der Waals surface area (Å²) in [4.78, 5) is 10.7. The number of amides is 1. The van der Waals surface area contributed by atoms with Crippen LogP contribution in [0.4, 0.5) is 10.1 Å². The van der Waals surface area contributed by atoms with Gasteiger partial charge >= 0.3 is 0 Å². The van der Waals surface area contributed by atoms with E-state index >= 15 is 0 Å². The highest BCUT2D eigenvalue weighted by Crippen LogP contribution is 2.21. The van der Waals surface area contributed by atoms with Crippen molar-refractivity contribution in [1.29, 1.82) is 0 Å². The number of ether oxygens (including phenoxy) is 1. The molecule has 0 bridgehead atoms. The first-order chi connectivity index (χ1) is 6.13. The van der Waals surface area contributed by atoms with Crippen LogP contribution in [0.25, 0.3) is 0 Å². The molecule has 13 heavy (non-hydrogen) atoms. The Bertz CT molecular complexity index is 325. The molecule has 1 amide bonds. The number of rotatable bonds is 2. The number of carbonyl (C=O) groups excluding carboxylic acids is 1. The second-order valence-corrected chi connectivity index (χ2v) is 2.53. The lowest BCUT2D eigenvalue weighted by Crippen LogP contribution is -2.05. The number of methoxy groups -OCH3 is 1. The van der Waals surface area contributed by atoms with Crippen LogP contribution < -0.4 is 10.1 Å². The molecule has 0 atom stereocenters. The van der Waals surface area contributed by atoms with Crippen molar-refractivity contribution in [3.05, 3.63) is 24.0 Å². The third kappa shape index (κ3) is 2.43. The minimum atomic E-state index is -0.448. The Kier molecular flexibility index (Phi) is 2.84. The molecule has 1 rings (SSSR count). The van der Waals surface area contributed by atoms with Crippen LogP contribution in [0.2, 0.25) is 0 Å². The number of anilines is 1. The second kappa shape index (κ2) is 3.89. The van der Waals surface area contributed by atoms with E-state index in [0.717, 1.165) is 0 Å². The molecule has 0 radical (unpaired) electrons. The molecule has 1 aromatic carbocycles. The van der Waals surface area contributed by atoms with Crippen molar-refractivity contribution in [1.82, 2.24) is 0 Å². The van der Waals surface area contributed by atoms with E-state index in [4.69, 9.17) is 4.74 Å². The van der Waals surface area contributed by atoms with E-state index < -0.39 is 5.82 Å². The maximum absolute atomic E-state index is 12.9. The minimum absolute atomic E-state index is 0.117. The molecular formula is C9H10FNO2. The zero-order valence-electron chi connectivity index (χ0n) is 7.43. The molecule has 0 heterocycles. The largest absolute Gasteiger partial charge is 0.494 e. The lowest BCUT2D eigenvalue weighted by molar-refractivity contribution is -0.114. The predicted molar refractivity (Wildman–Crippen MR) is 47.3 cm³/mol. The van der Waals surface area contributed by atoms with Crippen LogP contribution in [-0.2, 0) is 4.79 Å². The number of carbonyl (C=O) groups is 1. The summed E-state index contributed by atoms with van der Waals surface area (Å²) in [6, 6.07) is 4.14. The van der Waals surface area contributed by atoms with E-state index in [1.54, 1.807) is 0 Å². The molecule has 1 N–H and O–H groups in total. The second-order valence-electron chi connectivity index (χ2n) is 2.53. The van der Waals surface area contributed by atoms with Crippen LogP contribution in [0.3, 0.4) is 0 Å². The molecule has 3 nitrogen and oxygen atoms in total. The van der Waals surface area contributed by atoms with Gasteiger partial charge in [0.25, 0.3) is 0 Å². The normalized spacial score (nSPS) is 9.46. The lowest BCUT2D eigenvalue weighted by atomic mass is 10.3. The fraction of sp³-hybridized carbons (Fsp3) is 0.222. The molecule has 0 saturated heterocycles. The summed E-state index contributed by atoms with van der Waals surface area (Å²) in [5.41, 5.74) is 0.519. The van der Waals surface area contributed by atoms with Gasteiger partial charge in [0, 0.05) is 18.7 Å². The molecule has 0 aliphatic heterocycles. The maximum Gasteiger partial charge on any atom is 0.221 e. The zero-order chi connectivity index (χ0) is 9.84. The summed E-state index contributed by atoms with van der Waals surface area (Å²) in [7, 11) is 1.37. The van der Waals surface area contributed by atoms with E-state index in [1.165, 1.54) is 32.2 Å². The van der Waals surface area contributed by atoms with Crippen LogP contribution in [0, 0.1) is 5.82 Å². The average Bonchev–Trinajstić information content (AvgIpc) is 2.07. The van der Waals surface area contributed by atoms with E-state index in [2.05, 4.69) is 5.32 Å². The topological polar surface area (TPSA) is 38.3 Å². The van der Waals surface area contributed by atoms with Gasteiger partial charge in [-0.1, -0.05) is 0 Å². The van der Waals surface area contributed by atoms with Crippen LogP contribution in [0.1, 0.15) is 6.92 Å². The monoisotopic (exact) mass is 183 g/mol. The third-order valence-electron chi connectivity index (χ3n) is 1.47. The van der Waals surface area contributed by atoms with Gasteiger partial charge in [-0.2, -0.15) is 0 Å². The van der Waals surface area contributed by atoms with Crippen LogP contribution in [0.15, 0.2) is 18.2 Å². The van der Waals surface area contributed by atoms with Gasteiger partial charge in [-0.15, -0.1) is 0 Å². The Balaban J connectivity index is 2.92. The zero-order valence-corrected chi connectivity index (χ0v) is 7.43. The van der Waals surface area contributed by atoms with Crippen LogP contribution >= 0.6 is 0 Å². The van der Waals surface area contributed by atoms with E-state index in [0.29, 0.717) is 5.69 Å². The summed E-state index contributed by atoms with van der Waals surface area (Å²) in [6.45, 7) is 1.38. The maximum atomic E-state index is 12.9. The SMILES string of the molecule is COc1cc(NC(C)=O)ccc1F. The highest BCUT2D eigenvalue weighted by Gasteiger charge is 2.03. The smallest absolute Gasteiger partial charge is 0.221 e. The first-order valence-electron chi connectivity index (χ1n) is 3.74. The Morgan fingerprint density at radius 1 is 1.54 bits per heavy atom. The molecular weight excluding hydrogens is 173 g/mol. The van der Waals surface area contributed by atoms with Crippen LogP contribution in [0.5, 0.6) is 5.75 Å². The molecule has 0 aliphatic rings. The number of benzene rings is 1. The Morgan fingerprint density at radius 2 is 2.23 bits per heavy atom. The highest BCUT2D eigenvalue weighted by atomic mass is 19.1. The summed E-state index contributed by atoms with van der Waals surface area (Å²) in [5, 5.41) is 2.52. The molecule has 0 spiro atoms.